The predicted molar refractivity (Wildman–Crippen MR) is 83.0 cm³/mol. The fourth-order valence-corrected chi connectivity index (χ4v) is 2.55. The Hall–Kier alpha value is -0.580. The lowest BCUT2D eigenvalue weighted by atomic mass is 10.0. The van der Waals surface area contributed by atoms with Crippen molar-refractivity contribution in [1.29, 1.82) is 0 Å². The van der Waals surface area contributed by atoms with Crippen LogP contribution in [0.25, 0.3) is 0 Å². The Labute approximate surface area is 124 Å². The van der Waals surface area contributed by atoms with E-state index in [2.05, 4.69) is 34.2 Å². The molecular formula is C15H24BrNO2. The van der Waals surface area contributed by atoms with Crippen molar-refractivity contribution < 1.29 is 9.47 Å². The highest BCUT2D eigenvalue weighted by Gasteiger charge is 2.11. The highest BCUT2D eigenvalue weighted by molar-refractivity contribution is 9.10. The second-order valence-corrected chi connectivity index (χ2v) is 5.41. The molecule has 1 aromatic carbocycles. The van der Waals surface area contributed by atoms with E-state index in [1.807, 2.05) is 12.1 Å². The standard InChI is InChI=1S/C15H24BrNO2/c1-4-17-13(6-5-9-18-2)10-12-11-14(19-3)7-8-15(12)16/h7-8,11,13,17H,4-6,9-10H2,1-3H3. The van der Waals surface area contributed by atoms with E-state index in [0.29, 0.717) is 6.04 Å². The maximum atomic E-state index is 5.29. The van der Waals surface area contributed by atoms with Crippen LogP contribution in [0.5, 0.6) is 5.75 Å². The molecule has 0 aromatic heterocycles. The van der Waals surface area contributed by atoms with Crippen LogP contribution in [0.2, 0.25) is 0 Å². The molecule has 1 N–H and O–H groups in total. The van der Waals surface area contributed by atoms with Gasteiger partial charge in [0.1, 0.15) is 5.75 Å². The second-order valence-electron chi connectivity index (χ2n) is 4.55. The Morgan fingerprint density at radius 1 is 1.32 bits per heavy atom. The summed E-state index contributed by atoms with van der Waals surface area (Å²) in [5.41, 5.74) is 1.28. The third-order valence-electron chi connectivity index (χ3n) is 3.11. The number of likely N-dealkylation sites (N-methyl/N-ethyl adjacent to an activating group) is 1. The molecule has 19 heavy (non-hydrogen) atoms. The first kappa shape index (κ1) is 16.5. The Bertz CT molecular complexity index is 371. The minimum Gasteiger partial charge on any atom is -0.497 e. The van der Waals surface area contributed by atoms with E-state index in [-0.39, 0.29) is 0 Å². The van der Waals surface area contributed by atoms with Gasteiger partial charge in [0.15, 0.2) is 0 Å². The maximum absolute atomic E-state index is 5.29. The normalized spacial score (nSPS) is 12.4. The molecule has 0 saturated carbocycles. The van der Waals surface area contributed by atoms with Gasteiger partial charge in [-0.2, -0.15) is 0 Å². The third kappa shape index (κ3) is 5.93. The first-order valence-corrected chi connectivity index (χ1v) is 7.55. The van der Waals surface area contributed by atoms with Gasteiger partial charge in [0, 0.05) is 24.2 Å². The average Bonchev–Trinajstić information content (AvgIpc) is 2.41. The first-order valence-electron chi connectivity index (χ1n) is 6.76. The fraction of sp³-hybridized carbons (Fsp3) is 0.600. The number of benzene rings is 1. The zero-order chi connectivity index (χ0) is 14.1. The number of ether oxygens (including phenoxy) is 2. The van der Waals surface area contributed by atoms with Crippen LogP contribution in [0.1, 0.15) is 25.3 Å². The summed E-state index contributed by atoms with van der Waals surface area (Å²) in [5.74, 6) is 0.908. The molecule has 0 bridgehead atoms. The van der Waals surface area contributed by atoms with Crippen LogP contribution in [-0.2, 0) is 11.2 Å². The van der Waals surface area contributed by atoms with Crippen molar-refractivity contribution >= 4 is 15.9 Å². The van der Waals surface area contributed by atoms with E-state index >= 15 is 0 Å². The summed E-state index contributed by atoms with van der Waals surface area (Å²) in [6.45, 7) is 3.95. The lowest BCUT2D eigenvalue weighted by molar-refractivity contribution is 0.188. The van der Waals surface area contributed by atoms with Gasteiger partial charge in [-0.1, -0.05) is 22.9 Å². The first-order chi connectivity index (χ1) is 9.21. The van der Waals surface area contributed by atoms with Gasteiger partial charge >= 0.3 is 0 Å². The Balaban J connectivity index is 2.66. The number of rotatable bonds is 9. The molecule has 4 heteroatoms. The molecule has 0 aliphatic carbocycles. The highest BCUT2D eigenvalue weighted by atomic mass is 79.9. The summed E-state index contributed by atoms with van der Waals surface area (Å²) in [5, 5.41) is 3.54. The van der Waals surface area contributed by atoms with E-state index in [9.17, 15) is 0 Å². The monoisotopic (exact) mass is 329 g/mol. The second kappa shape index (κ2) is 9.34. The molecule has 0 fully saturated rings. The molecule has 3 nitrogen and oxygen atoms in total. The number of nitrogens with one attached hydrogen (secondary N) is 1. The van der Waals surface area contributed by atoms with E-state index in [0.717, 1.165) is 42.6 Å². The highest BCUT2D eigenvalue weighted by Crippen LogP contribution is 2.24. The number of hydrogen-bond donors (Lipinski definition) is 1. The molecule has 0 aliphatic heterocycles. The molecule has 0 saturated heterocycles. The molecule has 0 amide bonds. The smallest absolute Gasteiger partial charge is 0.119 e. The zero-order valence-corrected chi connectivity index (χ0v) is 13.6. The van der Waals surface area contributed by atoms with Crippen molar-refractivity contribution in [3.05, 3.63) is 28.2 Å². The Morgan fingerprint density at radius 3 is 2.74 bits per heavy atom. The van der Waals surface area contributed by atoms with Crippen LogP contribution in [-0.4, -0.2) is 33.4 Å². The van der Waals surface area contributed by atoms with Crippen LogP contribution in [0.3, 0.4) is 0 Å². The van der Waals surface area contributed by atoms with Crippen molar-refractivity contribution in [2.45, 2.75) is 32.2 Å². The summed E-state index contributed by atoms with van der Waals surface area (Å²) in [6, 6.07) is 6.60. The molecule has 0 spiro atoms. The van der Waals surface area contributed by atoms with Crippen molar-refractivity contribution in [2.75, 3.05) is 27.4 Å². The minimum atomic E-state index is 0.476. The molecule has 0 heterocycles. The molecule has 108 valence electrons. The van der Waals surface area contributed by atoms with Gasteiger partial charge in [-0.15, -0.1) is 0 Å². The number of halogens is 1. The lowest BCUT2D eigenvalue weighted by Gasteiger charge is -2.19. The molecule has 0 radical (unpaired) electrons. The minimum absolute atomic E-state index is 0.476. The largest absolute Gasteiger partial charge is 0.497 e. The molecule has 0 aliphatic rings. The Kier molecular flexibility index (Phi) is 8.10. The molecule has 1 atom stereocenters. The summed E-state index contributed by atoms with van der Waals surface area (Å²) in [6.07, 6.45) is 3.19. The molecular weight excluding hydrogens is 306 g/mol. The van der Waals surface area contributed by atoms with Gasteiger partial charge in [0.25, 0.3) is 0 Å². The van der Waals surface area contributed by atoms with Gasteiger partial charge < -0.3 is 14.8 Å². The summed E-state index contributed by atoms with van der Waals surface area (Å²) < 4.78 is 11.6. The van der Waals surface area contributed by atoms with Crippen molar-refractivity contribution in [3.8, 4) is 5.75 Å². The van der Waals surface area contributed by atoms with Crippen LogP contribution in [0.15, 0.2) is 22.7 Å². The van der Waals surface area contributed by atoms with Crippen LogP contribution < -0.4 is 10.1 Å². The van der Waals surface area contributed by atoms with E-state index < -0.39 is 0 Å². The van der Waals surface area contributed by atoms with Gasteiger partial charge in [-0.3, -0.25) is 0 Å². The summed E-state index contributed by atoms with van der Waals surface area (Å²) in [7, 11) is 3.45. The number of hydrogen-bond acceptors (Lipinski definition) is 3. The maximum Gasteiger partial charge on any atom is 0.119 e. The average molecular weight is 330 g/mol. The topological polar surface area (TPSA) is 30.5 Å². The summed E-state index contributed by atoms with van der Waals surface area (Å²) >= 11 is 3.61. The Morgan fingerprint density at radius 2 is 2.11 bits per heavy atom. The zero-order valence-electron chi connectivity index (χ0n) is 12.0. The quantitative estimate of drug-likeness (QED) is 0.704. The lowest BCUT2D eigenvalue weighted by Crippen LogP contribution is -2.31. The van der Waals surface area contributed by atoms with Crippen LogP contribution in [0.4, 0.5) is 0 Å². The van der Waals surface area contributed by atoms with Crippen LogP contribution >= 0.6 is 15.9 Å². The van der Waals surface area contributed by atoms with Crippen molar-refractivity contribution in [1.82, 2.24) is 5.32 Å². The van der Waals surface area contributed by atoms with Crippen LogP contribution in [0, 0.1) is 0 Å². The van der Waals surface area contributed by atoms with E-state index in [1.165, 1.54) is 5.56 Å². The van der Waals surface area contributed by atoms with Gasteiger partial charge in [-0.25, -0.2) is 0 Å². The van der Waals surface area contributed by atoms with Gasteiger partial charge in [0.05, 0.1) is 7.11 Å². The van der Waals surface area contributed by atoms with Crippen molar-refractivity contribution in [3.63, 3.8) is 0 Å². The van der Waals surface area contributed by atoms with Gasteiger partial charge in [0.2, 0.25) is 0 Å². The molecule has 1 rings (SSSR count). The summed E-state index contributed by atoms with van der Waals surface area (Å²) in [4.78, 5) is 0. The van der Waals surface area contributed by atoms with E-state index in [1.54, 1.807) is 14.2 Å². The third-order valence-corrected chi connectivity index (χ3v) is 3.89. The fourth-order valence-electron chi connectivity index (χ4n) is 2.14. The van der Waals surface area contributed by atoms with Crippen molar-refractivity contribution in [2.24, 2.45) is 0 Å². The van der Waals surface area contributed by atoms with E-state index in [4.69, 9.17) is 9.47 Å². The van der Waals surface area contributed by atoms with Gasteiger partial charge in [-0.05, 0) is 49.6 Å². The molecule has 1 unspecified atom stereocenters. The number of methoxy groups -OCH3 is 2. The molecule has 1 aromatic rings. The SMILES string of the molecule is CCNC(CCCOC)Cc1cc(OC)ccc1Br. The predicted octanol–water partition coefficient (Wildman–Crippen LogP) is 3.40.